The van der Waals surface area contributed by atoms with Gasteiger partial charge in [-0.2, -0.15) is 0 Å². The largest absolute Gasteiger partial charge is 0.477 e. The maximum absolute atomic E-state index is 10.4. The zero-order valence-corrected chi connectivity index (χ0v) is 15.2. The summed E-state index contributed by atoms with van der Waals surface area (Å²) in [4.78, 5) is 4.30. The van der Waals surface area contributed by atoms with E-state index in [4.69, 9.17) is 14.2 Å². The van der Waals surface area contributed by atoms with Gasteiger partial charge in [0, 0.05) is 35.8 Å². The molecule has 0 spiro atoms. The van der Waals surface area contributed by atoms with Crippen molar-refractivity contribution in [2.24, 2.45) is 5.92 Å². The van der Waals surface area contributed by atoms with Crippen molar-refractivity contribution in [2.75, 3.05) is 13.4 Å². The van der Waals surface area contributed by atoms with Crippen molar-refractivity contribution >= 4 is 0 Å². The van der Waals surface area contributed by atoms with Gasteiger partial charge in [-0.3, -0.25) is 0 Å². The molecule has 4 atom stereocenters. The molecule has 0 bridgehead atoms. The van der Waals surface area contributed by atoms with Crippen LogP contribution in [0.2, 0.25) is 0 Å². The summed E-state index contributed by atoms with van der Waals surface area (Å²) < 4.78 is 16.6. The molecule has 2 heterocycles. The van der Waals surface area contributed by atoms with Crippen molar-refractivity contribution in [1.29, 1.82) is 0 Å². The summed E-state index contributed by atoms with van der Waals surface area (Å²) in [6, 6.07) is 11.1. The number of aliphatic hydroxyl groups excluding tert-OH is 2. The van der Waals surface area contributed by atoms with Gasteiger partial charge in [-0.15, -0.1) is 0 Å². The van der Waals surface area contributed by atoms with Crippen LogP contribution < -0.4 is 19.5 Å². The molecule has 7 heteroatoms. The first-order chi connectivity index (χ1) is 13.1. The van der Waals surface area contributed by atoms with Crippen LogP contribution in [0.4, 0.5) is 0 Å². The van der Waals surface area contributed by atoms with Crippen molar-refractivity contribution in [2.45, 2.75) is 38.1 Å². The molecule has 1 saturated carbocycles. The SMILES string of the molecule is Cc1cccc(OCC2CC(NCc3cccc4c3OCO4)C(O)C2O)n1. The first kappa shape index (κ1) is 18.0. The number of hydrogen-bond acceptors (Lipinski definition) is 7. The molecule has 1 aliphatic heterocycles. The molecule has 1 fully saturated rings. The van der Waals surface area contributed by atoms with Gasteiger partial charge in [0.1, 0.15) is 0 Å². The minimum absolute atomic E-state index is 0.166. The molecular formula is C20H24N2O5. The maximum atomic E-state index is 10.4. The minimum Gasteiger partial charge on any atom is -0.477 e. The molecule has 4 unspecified atom stereocenters. The third kappa shape index (κ3) is 3.85. The maximum Gasteiger partial charge on any atom is 0.231 e. The smallest absolute Gasteiger partial charge is 0.231 e. The number of pyridine rings is 1. The van der Waals surface area contributed by atoms with Crippen LogP contribution >= 0.6 is 0 Å². The lowest BCUT2D eigenvalue weighted by molar-refractivity contribution is 0.00170. The standard InChI is InChI=1S/C20H24N2O5/c1-12-4-2-7-17(22-12)25-10-14-8-15(19(24)18(14)23)21-9-13-5-3-6-16-20(13)27-11-26-16/h2-7,14-15,18-19,21,23-24H,8-11H2,1H3. The predicted molar refractivity (Wildman–Crippen MR) is 97.8 cm³/mol. The molecule has 7 nitrogen and oxygen atoms in total. The van der Waals surface area contributed by atoms with Crippen LogP contribution in [-0.2, 0) is 6.54 Å². The molecule has 2 aliphatic rings. The number of fused-ring (bicyclic) bond motifs is 1. The number of para-hydroxylation sites is 1. The molecule has 1 aromatic carbocycles. The quantitative estimate of drug-likeness (QED) is 0.706. The van der Waals surface area contributed by atoms with E-state index in [2.05, 4.69) is 10.3 Å². The van der Waals surface area contributed by atoms with Crippen LogP contribution in [0, 0.1) is 12.8 Å². The van der Waals surface area contributed by atoms with E-state index in [1.807, 2.05) is 37.3 Å². The van der Waals surface area contributed by atoms with E-state index in [9.17, 15) is 10.2 Å². The number of aliphatic hydroxyl groups is 2. The highest BCUT2D eigenvalue weighted by Crippen LogP contribution is 2.35. The van der Waals surface area contributed by atoms with Gasteiger partial charge >= 0.3 is 0 Å². The predicted octanol–water partition coefficient (Wildman–Crippen LogP) is 1.40. The van der Waals surface area contributed by atoms with Gasteiger partial charge < -0.3 is 29.7 Å². The topological polar surface area (TPSA) is 93.1 Å². The van der Waals surface area contributed by atoms with Crippen LogP contribution in [0.25, 0.3) is 0 Å². The summed E-state index contributed by atoms with van der Waals surface area (Å²) in [5.74, 6) is 1.84. The summed E-state index contributed by atoms with van der Waals surface area (Å²) in [5.41, 5.74) is 1.84. The Bertz CT molecular complexity index is 800. The lowest BCUT2D eigenvalue weighted by atomic mass is 10.1. The molecule has 1 aromatic heterocycles. The van der Waals surface area contributed by atoms with Crippen molar-refractivity contribution in [3.05, 3.63) is 47.7 Å². The average Bonchev–Trinajstić information content (AvgIpc) is 3.25. The molecular weight excluding hydrogens is 348 g/mol. The molecule has 1 aliphatic carbocycles. The number of ether oxygens (including phenoxy) is 3. The number of aryl methyl sites for hydroxylation is 1. The number of nitrogens with one attached hydrogen (secondary N) is 1. The van der Waals surface area contributed by atoms with Crippen molar-refractivity contribution in [3.63, 3.8) is 0 Å². The summed E-state index contributed by atoms with van der Waals surface area (Å²) in [6.45, 7) is 2.96. The van der Waals surface area contributed by atoms with E-state index in [1.54, 1.807) is 6.07 Å². The van der Waals surface area contributed by atoms with Crippen molar-refractivity contribution in [1.82, 2.24) is 10.3 Å². The first-order valence-electron chi connectivity index (χ1n) is 9.15. The first-order valence-corrected chi connectivity index (χ1v) is 9.15. The second-order valence-corrected chi connectivity index (χ2v) is 7.04. The van der Waals surface area contributed by atoms with Gasteiger partial charge in [0.05, 0.1) is 18.8 Å². The number of hydrogen-bond donors (Lipinski definition) is 3. The highest BCUT2D eigenvalue weighted by Gasteiger charge is 2.41. The normalized spacial score (nSPS) is 26.3. The third-order valence-corrected chi connectivity index (χ3v) is 5.14. The molecule has 0 saturated heterocycles. The highest BCUT2D eigenvalue weighted by atomic mass is 16.7. The van der Waals surface area contributed by atoms with E-state index >= 15 is 0 Å². The Morgan fingerprint density at radius 1 is 1.15 bits per heavy atom. The van der Waals surface area contributed by atoms with Crippen LogP contribution in [0.15, 0.2) is 36.4 Å². The Morgan fingerprint density at radius 2 is 2.00 bits per heavy atom. The van der Waals surface area contributed by atoms with E-state index < -0.39 is 12.2 Å². The molecule has 144 valence electrons. The molecule has 4 rings (SSSR count). The van der Waals surface area contributed by atoms with Gasteiger partial charge in [0.15, 0.2) is 11.5 Å². The van der Waals surface area contributed by atoms with Crippen LogP contribution in [0.5, 0.6) is 17.4 Å². The van der Waals surface area contributed by atoms with Crippen molar-refractivity contribution < 1.29 is 24.4 Å². The van der Waals surface area contributed by atoms with Crippen molar-refractivity contribution in [3.8, 4) is 17.4 Å². The number of nitrogens with zero attached hydrogens (tertiary/aromatic N) is 1. The Balaban J connectivity index is 1.34. The van der Waals surface area contributed by atoms with Crippen LogP contribution in [0.3, 0.4) is 0 Å². The van der Waals surface area contributed by atoms with Crippen LogP contribution in [-0.4, -0.2) is 46.8 Å². The second-order valence-electron chi connectivity index (χ2n) is 7.04. The van der Waals surface area contributed by atoms with Crippen LogP contribution in [0.1, 0.15) is 17.7 Å². The highest BCUT2D eigenvalue weighted by molar-refractivity contribution is 5.48. The molecule has 27 heavy (non-hydrogen) atoms. The minimum atomic E-state index is -0.849. The Hall–Kier alpha value is -2.35. The summed E-state index contributed by atoms with van der Waals surface area (Å²) in [7, 11) is 0. The van der Waals surface area contributed by atoms with E-state index in [0.29, 0.717) is 25.5 Å². The Kier molecular flexibility index (Phi) is 5.15. The summed E-state index contributed by atoms with van der Waals surface area (Å²) in [5, 5.41) is 24.1. The number of rotatable bonds is 6. The second kappa shape index (κ2) is 7.72. The third-order valence-electron chi connectivity index (χ3n) is 5.14. The molecule has 3 N–H and O–H groups in total. The Morgan fingerprint density at radius 3 is 2.85 bits per heavy atom. The zero-order valence-electron chi connectivity index (χ0n) is 15.2. The monoisotopic (exact) mass is 372 g/mol. The fraction of sp³-hybridized carbons (Fsp3) is 0.450. The number of benzene rings is 1. The van der Waals surface area contributed by atoms with Gasteiger partial charge in [0.25, 0.3) is 0 Å². The van der Waals surface area contributed by atoms with Gasteiger partial charge in [-0.25, -0.2) is 4.98 Å². The molecule has 0 radical (unpaired) electrons. The van der Waals surface area contributed by atoms with Gasteiger partial charge in [0.2, 0.25) is 12.7 Å². The summed E-state index contributed by atoms with van der Waals surface area (Å²) >= 11 is 0. The van der Waals surface area contributed by atoms with E-state index in [1.165, 1.54) is 0 Å². The van der Waals surface area contributed by atoms with Gasteiger partial charge in [-0.05, 0) is 25.5 Å². The fourth-order valence-electron chi connectivity index (χ4n) is 3.65. The zero-order chi connectivity index (χ0) is 18.8. The fourth-order valence-corrected chi connectivity index (χ4v) is 3.65. The van der Waals surface area contributed by atoms with E-state index in [0.717, 1.165) is 22.8 Å². The molecule has 0 amide bonds. The summed E-state index contributed by atoms with van der Waals surface area (Å²) in [6.07, 6.45) is -1.08. The van der Waals surface area contributed by atoms with E-state index in [-0.39, 0.29) is 18.8 Å². The average molecular weight is 372 g/mol. The van der Waals surface area contributed by atoms with Gasteiger partial charge in [-0.1, -0.05) is 18.2 Å². The lowest BCUT2D eigenvalue weighted by Crippen LogP contribution is -2.39. The lowest BCUT2D eigenvalue weighted by Gasteiger charge is -2.18. The molecule has 2 aromatic rings. The Labute approximate surface area is 157 Å². The number of aromatic nitrogens is 1.